The van der Waals surface area contributed by atoms with Crippen LogP contribution < -0.4 is 4.74 Å². The molecule has 1 aliphatic heterocycles. The quantitative estimate of drug-likeness (QED) is 0.781. The van der Waals surface area contributed by atoms with Gasteiger partial charge in [0.1, 0.15) is 5.75 Å². The molecular weight excluding hydrogens is 282 g/mol. The summed E-state index contributed by atoms with van der Waals surface area (Å²) in [4.78, 5) is 25.4. The lowest BCUT2D eigenvalue weighted by Crippen LogP contribution is -2.39. The molecule has 116 valence electrons. The highest BCUT2D eigenvalue weighted by atomic mass is 16.5. The van der Waals surface area contributed by atoms with E-state index in [0.29, 0.717) is 19.6 Å². The van der Waals surface area contributed by atoms with Gasteiger partial charge in [0.15, 0.2) is 0 Å². The summed E-state index contributed by atoms with van der Waals surface area (Å²) in [6, 6.07) is 5.43. The number of carbonyl (C=O) groups is 2. The molecule has 1 heterocycles. The number of ether oxygens (including phenoxy) is 2. The van der Waals surface area contributed by atoms with Crippen LogP contribution >= 0.6 is 0 Å². The maximum atomic E-state index is 12.0. The van der Waals surface area contributed by atoms with E-state index in [0.717, 1.165) is 16.9 Å². The van der Waals surface area contributed by atoms with Crippen LogP contribution in [0.2, 0.25) is 0 Å². The zero-order chi connectivity index (χ0) is 15.7. The third-order valence-corrected chi connectivity index (χ3v) is 4.02. The van der Waals surface area contributed by atoms with Crippen molar-refractivity contribution in [3.63, 3.8) is 0 Å². The van der Waals surface area contributed by atoms with E-state index in [9.17, 15) is 9.59 Å². The fourth-order valence-corrected chi connectivity index (χ4v) is 3.19. The summed E-state index contributed by atoms with van der Waals surface area (Å²) in [5.74, 6) is 0.247. The van der Waals surface area contributed by atoms with Crippen LogP contribution in [0.3, 0.4) is 0 Å². The summed E-state index contributed by atoms with van der Waals surface area (Å²) >= 11 is 0. The Morgan fingerprint density at radius 1 is 1.14 bits per heavy atom. The van der Waals surface area contributed by atoms with Crippen molar-refractivity contribution in [2.24, 2.45) is 0 Å². The van der Waals surface area contributed by atoms with Crippen LogP contribution in [0.15, 0.2) is 30.4 Å². The number of carbonyl (C=O) groups excluding carboxylic acids is 2. The number of hydrogen-bond donors (Lipinski definition) is 0. The van der Waals surface area contributed by atoms with Crippen LogP contribution in [-0.2, 0) is 20.7 Å². The van der Waals surface area contributed by atoms with Gasteiger partial charge in [-0.15, -0.1) is 0 Å². The van der Waals surface area contributed by atoms with E-state index in [2.05, 4.69) is 0 Å². The lowest BCUT2D eigenvalue weighted by atomic mass is 10.1. The van der Waals surface area contributed by atoms with Crippen LogP contribution in [0.25, 0.3) is 0 Å². The largest absolute Gasteiger partial charge is 0.494 e. The Balaban J connectivity index is 1.97. The van der Waals surface area contributed by atoms with Gasteiger partial charge in [-0.3, -0.25) is 14.5 Å². The molecule has 0 saturated carbocycles. The number of nitrogens with zero attached hydrogens (tertiary/aromatic N) is 1. The number of amides is 2. The molecule has 5 heteroatoms. The topological polar surface area (TPSA) is 55.8 Å². The van der Waals surface area contributed by atoms with Crippen LogP contribution in [0, 0.1) is 0 Å². The molecule has 1 aromatic carbocycles. The van der Waals surface area contributed by atoms with E-state index < -0.39 is 0 Å². The van der Waals surface area contributed by atoms with E-state index >= 15 is 0 Å². The van der Waals surface area contributed by atoms with Crippen molar-refractivity contribution in [3.05, 3.63) is 41.5 Å². The van der Waals surface area contributed by atoms with Gasteiger partial charge in [0.05, 0.1) is 18.8 Å². The second-order valence-corrected chi connectivity index (χ2v) is 5.32. The van der Waals surface area contributed by atoms with Gasteiger partial charge in [-0.1, -0.05) is 6.07 Å². The van der Waals surface area contributed by atoms with Crippen molar-refractivity contribution in [2.75, 3.05) is 13.2 Å². The second kappa shape index (κ2) is 5.93. The Labute approximate surface area is 129 Å². The minimum absolute atomic E-state index is 0.204. The summed E-state index contributed by atoms with van der Waals surface area (Å²) in [5.41, 5.74) is 2.04. The number of benzene rings is 1. The molecular formula is C17H19NO4. The molecule has 1 aromatic rings. The zero-order valence-corrected chi connectivity index (χ0v) is 12.7. The van der Waals surface area contributed by atoms with E-state index in [1.165, 1.54) is 17.1 Å². The zero-order valence-electron chi connectivity index (χ0n) is 12.7. The minimum atomic E-state index is -0.361. The maximum absolute atomic E-state index is 12.0. The predicted octanol–water partition coefficient (Wildman–Crippen LogP) is 2.01. The molecule has 0 bridgehead atoms. The molecule has 2 amide bonds. The number of hydrogen-bond acceptors (Lipinski definition) is 4. The van der Waals surface area contributed by atoms with Crippen LogP contribution in [0.5, 0.6) is 5.75 Å². The fourth-order valence-electron chi connectivity index (χ4n) is 3.19. The van der Waals surface area contributed by atoms with Gasteiger partial charge in [-0.2, -0.15) is 0 Å². The van der Waals surface area contributed by atoms with Gasteiger partial charge in [-0.25, -0.2) is 0 Å². The monoisotopic (exact) mass is 301 g/mol. The van der Waals surface area contributed by atoms with Gasteiger partial charge >= 0.3 is 0 Å². The summed E-state index contributed by atoms with van der Waals surface area (Å²) in [7, 11) is 0. The average molecular weight is 301 g/mol. The molecule has 1 aliphatic carbocycles. The average Bonchev–Trinajstić information content (AvgIpc) is 2.99. The molecule has 5 nitrogen and oxygen atoms in total. The smallest absolute Gasteiger partial charge is 0.254 e. The molecule has 0 spiro atoms. The van der Waals surface area contributed by atoms with Gasteiger partial charge in [0.2, 0.25) is 0 Å². The highest BCUT2D eigenvalue weighted by molar-refractivity contribution is 6.13. The summed E-state index contributed by atoms with van der Waals surface area (Å²) < 4.78 is 11.3. The van der Waals surface area contributed by atoms with Crippen molar-refractivity contribution in [2.45, 2.75) is 32.4 Å². The van der Waals surface area contributed by atoms with Crippen molar-refractivity contribution >= 4 is 11.8 Å². The second-order valence-electron chi connectivity index (χ2n) is 5.32. The molecule has 0 radical (unpaired) electrons. The van der Waals surface area contributed by atoms with Crippen molar-refractivity contribution in [1.82, 2.24) is 4.90 Å². The lowest BCUT2D eigenvalue weighted by Gasteiger charge is -2.28. The molecule has 2 atom stereocenters. The Hall–Kier alpha value is -2.14. The number of fused-ring (bicyclic) bond motifs is 1. The first kappa shape index (κ1) is 14.8. The van der Waals surface area contributed by atoms with Gasteiger partial charge in [0, 0.05) is 25.2 Å². The summed E-state index contributed by atoms with van der Waals surface area (Å²) in [6.45, 7) is 4.99. The molecule has 2 aliphatic rings. The normalized spacial score (nSPS) is 23.3. The molecule has 0 N–H and O–H groups in total. The first-order valence-electron chi connectivity index (χ1n) is 7.58. The standard InChI is InChI=1S/C17H19NO4/c1-3-21-12-5-6-13-11(9-12)10-14(22-4-2)17(13)18-15(19)7-8-16(18)20/h5-9,14,17H,3-4,10H2,1-2H3/t14-,17-/m0/s1. The highest BCUT2D eigenvalue weighted by Crippen LogP contribution is 2.40. The van der Waals surface area contributed by atoms with E-state index in [1.54, 1.807) is 0 Å². The van der Waals surface area contributed by atoms with Gasteiger partial charge in [-0.05, 0) is 37.1 Å². The Kier molecular flexibility index (Phi) is 3.98. The van der Waals surface area contributed by atoms with Crippen molar-refractivity contribution in [1.29, 1.82) is 0 Å². The molecule has 22 heavy (non-hydrogen) atoms. The van der Waals surface area contributed by atoms with E-state index in [-0.39, 0.29) is 24.0 Å². The van der Waals surface area contributed by atoms with Crippen LogP contribution in [0.1, 0.15) is 31.0 Å². The minimum Gasteiger partial charge on any atom is -0.494 e. The third kappa shape index (κ3) is 2.41. The van der Waals surface area contributed by atoms with Crippen LogP contribution in [-0.4, -0.2) is 36.0 Å². The van der Waals surface area contributed by atoms with Crippen molar-refractivity contribution < 1.29 is 19.1 Å². The van der Waals surface area contributed by atoms with Crippen molar-refractivity contribution in [3.8, 4) is 5.75 Å². The Bertz CT molecular complexity index is 620. The maximum Gasteiger partial charge on any atom is 0.254 e. The predicted molar refractivity (Wildman–Crippen MR) is 80.5 cm³/mol. The van der Waals surface area contributed by atoms with E-state index in [1.807, 2.05) is 32.0 Å². The molecule has 0 aromatic heterocycles. The molecule has 0 saturated heterocycles. The lowest BCUT2D eigenvalue weighted by molar-refractivity contribution is -0.143. The summed E-state index contributed by atoms with van der Waals surface area (Å²) in [5, 5.41) is 0. The Morgan fingerprint density at radius 3 is 2.50 bits per heavy atom. The first-order chi connectivity index (χ1) is 10.7. The first-order valence-corrected chi connectivity index (χ1v) is 7.58. The molecule has 3 rings (SSSR count). The molecule has 0 fully saturated rings. The number of imide groups is 1. The van der Waals surface area contributed by atoms with Crippen LogP contribution in [0.4, 0.5) is 0 Å². The highest BCUT2D eigenvalue weighted by Gasteiger charge is 2.43. The fraction of sp³-hybridized carbons (Fsp3) is 0.412. The van der Waals surface area contributed by atoms with E-state index in [4.69, 9.17) is 9.47 Å². The number of rotatable bonds is 5. The third-order valence-electron chi connectivity index (χ3n) is 4.02. The molecule has 0 unspecified atom stereocenters. The Morgan fingerprint density at radius 2 is 1.86 bits per heavy atom. The summed E-state index contributed by atoms with van der Waals surface area (Å²) in [6.07, 6.45) is 3.10. The van der Waals surface area contributed by atoms with Gasteiger partial charge in [0.25, 0.3) is 11.8 Å². The van der Waals surface area contributed by atoms with Gasteiger partial charge < -0.3 is 9.47 Å². The SMILES string of the molecule is CCOc1ccc2c(c1)C[C@H](OCC)[C@H]2N1C(=O)C=CC1=O.